The van der Waals surface area contributed by atoms with Crippen molar-refractivity contribution < 1.29 is 4.74 Å². The second-order valence-corrected chi connectivity index (χ2v) is 7.91. The average molecular weight is 406 g/mol. The zero-order valence-corrected chi connectivity index (χ0v) is 17.5. The maximum atomic E-state index is 5.21. The highest BCUT2D eigenvalue weighted by molar-refractivity contribution is 8.13. The van der Waals surface area contributed by atoms with Crippen LogP contribution < -0.4 is 4.74 Å². The number of nitrogens with zero attached hydrogens (tertiary/aromatic N) is 1. The molecule has 2 nitrogen and oxygen atoms in total. The molecule has 0 unspecified atom stereocenters. The molecule has 0 heterocycles. The van der Waals surface area contributed by atoms with Crippen molar-refractivity contribution in [1.82, 2.24) is 0 Å². The highest BCUT2D eigenvalue weighted by Crippen LogP contribution is 2.22. The quantitative estimate of drug-likeness (QED) is 0.294. The summed E-state index contributed by atoms with van der Waals surface area (Å²) < 4.78 is 5.21. The van der Waals surface area contributed by atoms with E-state index in [1.165, 1.54) is 11.1 Å². The Morgan fingerprint density at radius 1 is 0.821 bits per heavy atom. The van der Waals surface area contributed by atoms with Crippen LogP contribution in [0.1, 0.15) is 11.1 Å². The number of hydrogen-bond donors (Lipinski definition) is 0. The van der Waals surface area contributed by atoms with Crippen molar-refractivity contribution in [3.63, 3.8) is 0 Å². The van der Waals surface area contributed by atoms with Gasteiger partial charge in [-0.2, -0.15) is 0 Å². The highest BCUT2D eigenvalue weighted by atomic mass is 32.2. The first-order valence-electron chi connectivity index (χ1n) is 9.05. The van der Waals surface area contributed by atoms with Gasteiger partial charge in [-0.05, 0) is 46.9 Å². The fourth-order valence-corrected chi connectivity index (χ4v) is 4.08. The summed E-state index contributed by atoms with van der Waals surface area (Å²) in [5.41, 5.74) is 3.55. The summed E-state index contributed by atoms with van der Waals surface area (Å²) in [5, 5.41) is 3.14. The number of aliphatic imine (C=N–C) groups is 1. The monoisotopic (exact) mass is 405 g/mol. The second kappa shape index (κ2) is 11.4. The number of para-hydroxylation sites is 1. The summed E-state index contributed by atoms with van der Waals surface area (Å²) in [6, 6.07) is 28.8. The van der Waals surface area contributed by atoms with Gasteiger partial charge >= 0.3 is 0 Å². The SMILES string of the molecule is COc1ccc(CSC=CC(=Nc2ccccc2)SCc2ccccc2)cc1. The molecule has 0 bridgehead atoms. The first-order chi connectivity index (χ1) is 13.8. The van der Waals surface area contributed by atoms with E-state index in [2.05, 4.69) is 47.9 Å². The fourth-order valence-electron chi connectivity index (χ4n) is 2.45. The molecule has 142 valence electrons. The zero-order chi connectivity index (χ0) is 19.4. The molecule has 3 rings (SSSR count). The number of hydrogen-bond acceptors (Lipinski definition) is 4. The van der Waals surface area contributed by atoms with Crippen LogP contribution in [-0.4, -0.2) is 12.2 Å². The predicted octanol–water partition coefficient (Wildman–Crippen LogP) is 7.11. The molecule has 4 heteroatoms. The Morgan fingerprint density at radius 3 is 2.14 bits per heavy atom. The summed E-state index contributed by atoms with van der Waals surface area (Å²) in [6.45, 7) is 0. The van der Waals surface area contributed by atoms with Crippen molar-refractivity contribution in [2.75, 3.05) is 7.11 Å². The van der Waals surface area contributed by atoms with E-state index < -0.39 is 0 Å². The summed E-state index contributed by atoms with van der Waals surface area (Å²) >= 11 is 3.52. The molecule has 0 atom stereocenters. The summed E-state index contributed by atoms with van der Waals surface area (Å²) in [5.74, 6) is 2.71. The number of ether oxygens (including phenoxy) is 1. The van der Waals surface area contributed by atoms with Crippen LogP contribution in [0.3, 0.4) is 0 Å². The van der Waals surface area contributed by atoms with E-state index in [1.54, 1.807) is 30.6 Å². The first-order valence-corrected chi connectivity index (χ1v) is 11.1. The van der Waals surface area contributed by atoms with Gasteiger partial charge in [-0.15, -0.1) is 23.5 Å². The maximum absolute atomic E-state index is 5.21. The molecule has 28 heavy (non-hydrogen) atoms. The molecule has 3 aromatic carbocycles. The van der Waals surface area contributed by atoms with Crippen LogP contribution >= 0.6 is 23.5 Å². The molecule has 0 radical (unpaired) electrons. The van der Waals surface area contributed by atoms with Crippen molar-refractivity contribution >= 4 is 34.3 Å². The molecule has 3 aromatic rings. The Bertz CT molecular complexity index is 891. The first kappa shape index (κ1) is 20.3. The minimum absolute atomic E-state index is 0.888. The largest absolute Gasteiger partial charge is 0.497 e. The third-order valence-electron chi connectivity index (χ3n) is 3.94. The van der Waals surface area contributed by atoms with Crippen LogP contribution in [0.5, 0.6) is 5.75 Å². The number of rotatable bonds is 8. The molecule has 0 aliphatic rings. The molecular formula is C24H23NOS2. The maximum Gasteiger partial charge on any atom is 0.118 e. The number of thioether (sulfide) groups is 2. The molecular weight excluding hydrogens is 382 g/mol. The van der Waals surface area contributed by atoms with Gasteiger partial charge in [0.1, 0.15) is 5.75 Å². The molecule has 0 saturated heterocycles. The second-order valence-electron chi connectivity index (χ2n) is 6.02. The molecule has 0 aliphatic heterocycles. The van der Waals surface area contributed by atoms with Gasteiger partial charge in [-0.25, -0.2) is 4.99 Å². The van der Waals surface area contributed by atoms with Crippen LogP contribution in [-0.2, 0) is 11.5 Å². The van der Waals surface area contributed by atoms with Gasteiger partial charge in [0.05, 0.1) is 17.8 Å². The van der Waals surface area contributed by atoms with Crippen LogP contribution in [0.15, 0.2) is 101 Å². The molecule has 0 aromatic heterocycles. The van der Waals surface area contributed by atoms with Crippen LogP contribution in [0, 0.1) is 0 Å². The van der Waals surface area contributed by atoms with E-state index in [9.17, 15) is 0 Å². The fraction of sp³-hybridized carbons (Fsp3) is 0.125. The molecule has 0 aliphatic carbocycles. The Morgan fingerprint density at radius 2 is 1.46 bits per heavy atom. The van der Waals surface area contributed by atoms with Crippen molar-refractivity contribution in [2.45, 2.75) is 11.5 Å². The van der Waals surface area contributed by atoms with Crippen molar-refractivity contribution in [3.8, 4) is 5.75 Å². The van der Waals surface area contributed by atoms with Crippen molar-refractivity contribution in [2.24, 2.45) is 4.99 Å². The lowest BCUT2D eigenvalue weighted by Crippen LogP contribution is -1.89. The van der Waals surface area contributed by atoms with Crippen LogP contribution in [0.25, 0.3) is 0 Å². The van der Waals surface area contributed by atoms with E-state index in [1.807, 2.05) is 48.5 Å². The zero-order valence-electron chi connectivity index (χ0n) is 15.8. The summed E-state index contributed by atoms with van der Waals surface area (Å²) in [4.78, 5) is 4.80. The van der Waals surface area contributed by atoms with E-state index in [-0.39, 0.29) is 0 Å². The summed E-state index contributed by atoms with van der Waals surface area (Å²) in [6.07, 6.45) is 2.11. The average Bonchev–Trinajstić information content (AvgIpc) is 2.76. The Kier molecular flexibility index (Phi) is 8.28. The topological polar surface area (TPSA) is 21.6 Å². The lowest BCUT2D eigenvalue weighted by atomic mass is 10.2. The van der Waals surface area contributed by atoms with Gasteiger partial charge in [0.25, 0.3) is 0 Å². The highest BCUT2D eigenvalue weighted by Gasteiger charge is 2.00. The standard InChI is InChI=1S/C24H23NOS2/c1-26-23-14-12-21(13-15-23)18-27-17-16-24(25-22-10-6-3-7-11-22)28-19-20-8-4-2-5-9-20/h2-17H,18-19H2,1H3. The summed E-state index contributed by atoms with van der Waals surface area (Å²) in [7, 11) is 1.69. The number of benzene rings is 3. The van der Waals surface area contributed by atoms with Gasteiger partial charge < -0.3 is 4.74 Å². The van der Waals surface area contributed by atoms with Gasteiger partial charge in [0.2, 0.25) is 0 Å². The molecule has 0 saturated carbocycles. The Hall–Kier alpha value is -2.43. The van der Waals surface area contributed by atoms with E-state index in [4.69, 9.17) is 9.73 Å². The Balaban J connectivity index is 1.62. The van der Waals surface area contributed by atoms with Crippen LogP contribution in [0.2, 0.25) is 0 Å². The molecule has 0 fully saturated rings. The van der Waals surface area contributed by atoms with E-state index in [0.29, 0.717) is 0 Å². The lowest BCUT2D eigenvalue weighted by molar-refractivity contribution is 0.414. The van der Waals surface area contributed by atoms with E-state index >= 15 is 0 Å². The third-order valence-corrected chi connectivity index (χ3v) is 5.77. The minimum atomic E-state index is 0.888. The molecule has 0 N–H and O–H groups in total. The van der Waals surface area contributed by atoms with E-state index in [0.717, 1.165) is 28.0 Å². The Labute approximate surface area is 175 Å². The minimum Gasteiger partial charge on any atom is -0.497 e. The van der Waals surface area contributed by atoms with Crippen LogP contribution in [0.4, 0.5) is 5.69 Å². The van der Waals surface area contributed by atoms with Crippen molar-refractivity contribution in [1.29, 1.82) is 0 Å². The van der Waals surface area contributed by atoms with Gasteiger partial charge in [-0.3, -0.25) is 0 Å². The molecule has 0 amide bonds. The number of methoxy groups -OCH3 is 1. The van der Waals surface area contributed by atoms with Gasteiger partial charge in [-0.1, -0.05) is 60.7 Å². The lowest BCUT2D eigenvalue weighted by Gasteiger charge is -2.04. The smallest absolute Gasteiger partial charge is 0.118 e. The molecule has 0 spiro atoms. The predicted molar refractivity (Wildman–Crippen MR) is 125 cm³/mol. The van der Waals surface area contributed by atoms with Crippen molar-refractivity contribution in [3.05, 3.63) is 108 Å². The van der Waals surface area contributed by atoms with Gasteiger partial charge in [0.15, 0.2) is 0 Å². The third kappa shape index (κ3) is 6.95. The normalized spacial score (nSPS) is 11.7. The van der Waals surface area contributed by atoms with Gasteiger partial charge in [0, 0.05) is 11.5 Å².